The van der Waals surface area contributed by atoms with Crippen LogP contribution in [0, 0.1) is 5.92 Å². The molecule has 2 N–H and O–H groups in total. The van der Waals surface area contributed by atoms with Crippen molar-refractivity contribution in [1.82, 2.24) is 20.7 Å². The first kappa shape index (κ1) is 19.7. The molecule has 2 saturated heterocycles. The fourth-order valence-corrected chi connectivity index (χ4v) is 4.67. The van der Waals surface area contributed by atoms with E-state index in [1.54, 1.807) is 0 Å². The number of nitrogens with zero attached hydrogens (tertiary/aromatic N) is 2. The van der Waals surface area contributed by atoms with E-state index in [0.717, 1.165) is 43.6 Å². The Balaban J connectivity index is 1.28. The summed E-state index contributed by atoms with van der Waals surface area (Å²) in [5.74, 6) is 0.558. The highest BCUT2D eigenvalue weighted by molar-refractivity contribution is 5.82. The van der Waals surface area contributed by atoms with Gasteiger partial charge in [0.1, 0.15) is 6.04 Å². The molecule has 0 spiro atoms. The van der Waals surface area contributed by atoms with Crippen molar-refractivity contribution in [1.29, 1.82) is 0 Å². The number of benzene rings is 1. The van der Waals surface area contributed by atoms with E-state index in [1.807, 2.05) is 4.90 Å². The number of amides is 1. The highest BCUT2D eigenvalue weighted by Gasteiger charge is 2.42. The van der Waals surface area contributed by atoms with Crippen molar-refractivity contribution < 1.29 is 18.0 Å². The molecule has 8 heteroatoms. The van der Waals surface area contributed by atoms with Crippen molar-refractivity contribution in [2.45, 2.75) is 50.5 Å². The van der Waals surface area contributed by atoms with E-state index in [4.69, 9.17) is 0 Å². The molecule has 1 aromatic carbocycles. The Hall–Kier alpha value is -1.64. The molecular weight excluding hydrogens is 369 g/mol. The summed E-state index contributed by atoms with van der Waals surface area (Å²) in [4.78, 5) is 17.1. The van der Waals surface area contributed by atoms with Gasteiger partial charge in [0.2, 0.25) is 5.91 Å². The SMILES string of the molecule is O=C(C1NNC2CCCCC21)N1CCN(Cc2ccc(C(F)(F)F)cc2)CC1. The highest BCUT2D eigenvalue weighted by Crippen LogP contribution is 2.31. The Labute approximate surface area is 163 Å². The first-order valence-electron chi connectivity index (χ1n) is 10.1. The second-order valence-corrected chi connectivity index (χ2v) is 8.12. The normalized spacial score (nSPS) is 29.0. The zero-order valence-electron chi connectivity index (χ0n) is 15.8. The maximum Gasteiger partial charge on any atom is 0.416 e. The summed E-state index contributed by atoms with van der Waals surface area (Å²) in [7, 11) is 0. The van der Waals surface area contributed by atoms with Gasteiger partial charge in [-0.25, -0.2) is 5.43 Å². The molecule has 0 bridgehead atoms. The molecule has 2 aliphatic heterocycles. The van der Waals surface area contributed by atoms with E-state index < -0.39 is 11.7 Å². The summed E-state index contributed by atoms with van der Waals surface area (Å²) in [5, 5.41) is 0. The number of hydrogen-bond acceptors (Lipinski definition) is 4. The van der Waals surface area contributed by atoms with Gasteiger partial charge in [0, 0.05) is 44.7 Å². The van der Waals surface area contributed by atoms with Crippen molar-refractivity contribution in [3.63, 3.8) is 0 Å². The largest absolute Gasteiger partial charge is 0.416 e. The lowest BCUT2D eigenvalue weighted by Gasteiger charge is -2.37. The summed E-state index contributed by atoms with van der Waals surface area (Å²) < 4.78 is 38.0. The van der Waals surface area contributed by atoms with Gasteiger partial charge in [0.15, 0.2) is 0 Å². The number of fused-ring (bicyclic) bond motifs is 1. The summed E-state index contributed by atoms with van der Waals surface area (Å²) in [5.41, 5.74) is 6.76. The van der Waals surface area contributed by atoms with Crippen molar-refractivity contribution in [2.24, 2.45) is 5.92 Å². The molecule has 2 heterocycles. The lowest BCUT2D eigenvalue weighted by atomic mass is 9.81. The third-order valence-electron chi connectivity index (χ3n) is 6.31. The van der Waals surface area contributed by atoms with Gasteiger partial charge < -0.3 is 4.90 Å². The number of rotatable bonds is 3. The van der Waals surface area contributed by atoms with E-state index in [2.05, 4.69) is 15.8 Å². The van der Waals surface area contributed by atoms with Crippen LogP contribution in [-0.4, -0.2) is 54.0 Å². The van der Waals surface area contributed by atoms with Gasteiger partial charge in [-0.3, -0.25) is 15.1 Å². The second kappa shape index (κ2) is 8.00. The molecule has 0 aromatic heterocycles. The molecule has 1 aliphatic carbocycles. The van der Waals surface area contributed by atoms with Gasteiger partial charge in [-0.05, 0) is 30.5 Å². The van der Waals surface area contributed by atoms with Crippen LogP contribution in [0.25, 0.3) is 0 Å². The van der Waals surface area contributed by atoms with Gasteiger partial charge in [-0.1, -0.05) is 25.0 Å². The molecule has 3 aliphatic rings. The quantitative estimate of drug-likeness (QED) is 0.824. The Morgan fingerprint density at radius 2 is 1.68 bits per heavy atom. The molecule has 28 heavy (non-hydrogen) atoms. The van der Waals surface area contributed by atoms with Crippen LogP contribution in [0.4, 0.5) is 13.2 Å². The Morgan fingerprint density at radius 1 is 1.00 bits per heavy atom. The summed E-state index contributed by atoms with van der Waals surface area (Å²) in [6.45, 7) is 3.40. The molecule has 3 atom stereocenters. The number of halogens is 3. The lowest BCUT2D eigenvalue weighted by molar-refractivity contribution is -0.137. The maximum atomic E-state index is 13.0. The average Bonchev–Trinajstić information content (AvgIpc) is 3.12. The van der Waals surface area contributed by atoms with Crippen molar-refractivity contribution in [3.8, 4) is 0 Å². The molecule has 154 valence electrons. The van der Waals surface area contributed by atoms with E-state index in [1.165, 1.54) is 25.0 Å². The fourth-order valence-electron chi connectivity index (χ4n) is 4.67. The van der Waals surface area contributed by atoms with Crippen LogP contribution in [-0.2, 0) is 17.5 Å². The zero-order valence-corrected chi connectivity index (χ0v) is 15.8. The number of hydrogen-bond donors (Lipinski definition) is 2. The van der Waals surface area contributed by atoms with Crippen LogP contribution in [0.2, 0.25) is 0 Å². The van der Waals surface area contributed by atoms with Gasteiger partial charge in [-0.15, -0.1) is 0 Å². The molecule has 4 rings (SSSR count). The topological polar surface area (TPSA) is 47.6 Å². The van der Waals surface area contributed by atoms with Crippen LogP contribution >= 0.6 is 0 Å². The summed E-state index contributed by atoms with van der Waals surface area (Å²) in [6, 6.07) is 5.62. The van der Waals surface area contributed by atoms with Crippen LogP contribution in [0.5, 0.6) is 0 Å². The molecule has 0 radical (unpaired) electrons. The summed E-state index contributed by atoms with van der Waals surface area (Å²) >= 11 is 0. The average molecular weight is 396 g/mol. The predicted octanol–water partition coefficient (Wildman–Crippen LogP) is 2.38. The molecule has 1 saturated carbocycles. The first-order chi connectivity index (χ1) is 13.4. The molecule has 1 amide bonds. The fraction of sp³-hybridized carbons (Fsp3) is 0.650. The minimum atomic E-state index is -4.30. The van der Waals surface area contributed by atoms with E-state index in [-0.39, 0.29) is 11.9 Å². The standard InChI is InChI=1S/C20H27F3N4O/c21-20(22,23)15-7-5-14(6-8-15)13-26-9-11-27(12-10-26)19(28)18-16-3-1-2-4-17(16)24-25-18/h5-8,16-18,24-25H,1-4,9-13H2. The Bertz CT molecular complexity index is 686. The number of nitrogens with one attached hydrogen (secondary N) is 2. The monoisotopic (exact) mass is 396 g/mol. The van der Waals surface area contributed by atoms with E-state index >= 15 is 0 Å². The van der Waals surface area contributed by atoms with Crippen molar-refractivity contribution in [3.05, 3.63) is 35.4 Å². The van der Waals surface area contributed by atoms with E-state index in [0.29, 0.717) is 31.6 Å². The van der Waals surface area contributed by atoms with Gasteiger partial charge in [0.25, 0.3) is 0 Å². The number of carbonyl (C=O) groups is 1. The molecule has 3 unspecified atom stereocenters. The molecule has 1 aromatic rings. The van der Waals surface area contributed by atoms with Crippen LogP contribution in [0.15, 0.2) is 24.3 Å². The minimum absolute atomic E-state index is 0.133. The number of hydrazine groups is 1. The number of alkyl halides is 3. The first-order valence-corrected chi connectivity index (χ1v) is 10.1. The van der Waals surface area contributed by atoms with Crippen LogP contribution < -0.4 is 10.9 Å². The smallest absolute Gasteiger partial charge is 0.339 e. The highest BCUT2D eigenvalue weighted by atomic mass is 19.4. The maximum absolute atomic E-state index is 13.0. The number of carbonyl (C=O) groups excluding carboxylic acids is 1. The number of piperazine rings is 1. The van der Waals surface area contributed by atoms with Gasteiger partial charge in [0.05, 0.1) is 5.56 Å². The predicted molar refractivity (Wildman–Crippen MR) is 99.1 cm³/mol. The zero-order chi connectivity index (χ0) is 19.7. The van der Waals surface area contributed by atoms with Crippen molar-refractivity contribution in [2.75, 3.05) is 26.2 Å². The Morgan fingerprint density at radius 3 is 2.36 bits per heavy atom. The van der Waals surface area contributed by atoms with E-state index in [9.17, 15) is 18.0 Å². The molecule has 3 fully saturated rings. The third-order valence-corrected chi connectivity index (χ3v) is 6.31. The van der Waals surface area contributed by atoms with Crippen LogP contribution in [0.1, 0.15) is 36.8 Å². The van der Waals surface area contributed by atoms with Crippen LogP contribution in [0.3, 0.4) is 0 Å². The third kappa shape index (κ3) is 4.18. The second-order valence-electron chi connectivity index (χ2n) is 8.12. The Kier molecular flexibility index (Phi) is 5.62. The minimum Gasteiger partial charge on any atom is -0.339 e. The van der Waals surface area contributed by atoms with Gasteiger partial charge in [-0.2, -0.15) is 13.2 Å². The van der Waals surface area contributed by atoms with Crippen molar-refractivity contribution >= 4 is 5.91 Å². The summed E-state index contributed by atoms with van der Waals surface area (Å²) in [6.07, 6.45) is 0.330. The molecule has 5 nitrogen and oxygen atoms in total. The lowest BCUT2D eigenvalue weighted by Crippen LogP contribution is -2.54. The molecular formula is C20H27F3N4O. The van der Waals surface area contributed by atoms with Gasteiger partial charge >= 0.3 is 6.18 Å².